The Labute approximate surface area is 152 Å². The predicted molar refractivity (Wildman–Crippen MR) is 94.5 cm³/mol. The number of hydrogen-bond donors (Lipinski definition) is 0. The fraction of sp³-hybridized carbons (Fsp3) is 0.167. The molecule has 0 atom stereocenters. The number of nitrogens with zero attached hydrogens (tertiary/aromatic N) is 2. The SMILES string of the molecule is COc1ccc(C(=O)Cc2nc3ccc([N+](=O)[O-])cc3oc2=O)cc1OC. The summed E-state index contributed by atoms with van der Waals surface area (Å²) in [5, 5.41) is 10.8. The minimum atomic E-state index is -0.822. The van der Waals surface area contributed by atoms with Gasteiger partial charge in [-0.25, -0.2) is 9.78 Å². The number of nitro groups is 1. The Balaban J connectivity index is 1.93. The van der Waals surface area contributed by atoms with Gasteiger partial charge in [-0.3, -0.25) is 14.9 Å². The number of methoxy groups -OCH3 is 2. The van der Waals surface area contributed by atoms with E-state index in [4.69, 9.17) is 13.9 Å². The van der Waals surface area contributed by atoms with Gasteiger partial charge in [-0.05, 0) is 24.3 Å². The van der Waals surface area contributed by atoms with Gasteiger partial charge in [0.05, 0.1) is 31.6 Å². The number of nitro benzene ring substituents is 1. The average Bonchev–Trinajstić information content (AvgIpc) is 2.67. The van der Waals surface area contributed by atoms with E-state index in [1.54, 1.807) is 12.1 Å². The number of ether oxygens (including phenoxy) is 2. The summed E-state index contributed by atoms with van der Waals surface area (Å²) in [5.74, 6) is 0.491. The van der Waals surface area contributed by atoms with Gasteiger partial charge in [-0.1, -0.05) is 0 Å². The summed E-state index contributed by atoms with van der Waals surface area (Å²) < 4.78 is 15.4. The van der Waals surface area contributed by atoms with Gasteiger partial charge in [-0.15, -0.1) is 0 Å². The number of carbonyl (C=O) groups excluding carboxylic acids is 1. The van der Waals surface area contributed by atoms with Crippen molar-refractivity contribution < 1.29 is 23.6 Å². The molecule has 0 amide bonds. The minimum absolute atomic E-state index is 0.0171. The molecule has 0 aliphatic carbocycles. The second kappa shape index (κ2) is 7.24. The molecule has 0 unspecified atom stereocenters. The molecule has 2 aromatic carbocycles. The second-order valence-corrected chi connectivity index (χ2v) is 5.53. The highest BCUT2D eigenvalue weighted by molar-refractivity contribution is 5.98. The fourth-order valence-electron chi connectivity index (χ4n) is 2.52. The first-order chi connectivity index (χ1) is 12.9. The molecule has 0 aliphatic rings. The lowest BCUT2D eigenvalue weighted by Gasteiger charge is -2.09. The number of benzene rings is 2. The maximum absolute atomic E-state index is 12.5. The van der Waals surface area contributed by atoms with Crippen LogP contribution in [0.2, 0.25) is 0 Å². The largest absolute Gasteiger partial charge is 0.493 e. The molecule has 0 bridgehead atoms. The lowest BCUT2D eigenvalue weighted by molar-refractivity contribution is -0.384. The van der Waals surface area contributed by atoms with Crippen LogP contribution in [0, 0.1) is 10.1 Å². The summed E-state index contributed by atoms with van der Waals surface area (Å²) in [4.78, 5) is 38.9. The monoisotopic (exact) mass is 370 g/mol. The summed E-state index contributed by atoms with van der Waals surface area (Å²) in [5.41, 5.74) is -0.584. The van der Waals surface area contributed by atoms with Crippen molar-refractivity contribution >= 4 is 22.6 Å². The van der Waals surface area contributed by atoms with Crippen LogP contribution in [-0.2, 0) is 6.42 Å². The molecule has 3 rings (SSSR count). The van der Waals surface area contributed by atoms with Crippen molar-refractivity contribution in [2.75, 3.05) is 14.2 Å². The van der Waals surface area contributed by atoms with Gasteiger partial charge in [0.1, 0.15) is 11.2 Å². The molecule has 0 fully saturated rings. The van der Waals surface area contributed by atoms with Gasteiger partial charge in [-0.2, -0.15) is 0 Å². The van der Waals surface area contributed by atoms with Crippen LogP contribution >= 0.6 is 0 Å². The highest BCUT2D eigenvalue weighted by Gasteiger charge is 2.17. The zero-order valence-corrected chi connectivity index (χ0v) is 14.4. The molecule has 0 spiro atoms. The maximum Gasteiger partial charge on any atom is 0.358 e. The van der Waals surface area contributed by atoms with Crippen LogP contribution in [0.25, 0.3) is 11.1 Å². The smallest absolute Gasteiger partial charge is 0.358 e. The van der Waals surface area contributed by atoms with Crippen LogP contribution in [0.3, 0.4) is 0 Å². The quantitative estimate of drug-likeness (QED) is 0.368. The predicted octanol–water partition coefficient (Wildman–Crippen LogP) is 2.54. The third kappa shape index (κ3) is 3.61. The van der Waals surface area contributed by atoms with E-state index >= 15 is 0 Å². The van der Waals surface area contributed by atoms with Crippen molar-refractivity contribution in [3.05, 3.63) is 68.2 Å². The van der Waals surface area contributed by atoms with E-state index in [0.717, 1.165) is 6.07 Å². The Bertz CT molecular complexity index is 1100. The molecule has 9 heteroatoms. The van der Waals surface area contributed by atoms with Gasteiger partial charge in [0.25, 0.3) is 5.69 Å². The number of non-ortho nitro benzene ring substituents is 1. The number of carbonyl (C=O) groups is 1. The highest BCUT2D eigenvalue weighted by atomic mass is 16.6. The summed E-state index contributed by atoms with van der Waals surface area (Å²) in [6, 6.07) is 8.37. The van der Waals surface area contributed by atoms with Crippen molar-refractivity contribution in [2.45, 2.75) is 6.42 Å². The van der Waals surface area contributed by atoms with Gasteiger partial charge in [0.2, 0.25) is 0 Å². The molecule has 1 heterocycles. The maximum atomic E-state index is 12.5. The molecule has 138 valence electrons. The van der Waals surface area contributed by atoms with Gasteiger partial charge in [0, 0.05) is 11.6 Å². The fourth-order valence-corrected chi connectivity index (χ4v) is 2.52. The van der Waals surface area contributed by atoms with Gasteiger partial charge in [0.15, 0.2) is 22.9 Å². The molecule has 0 N–H and O–H groups in total. The minimum Gasteiger partial charge on any atom is -0.493 e. The number of hydrogen-bond acceptors (Lipinski definition) is 8. The van der Waals surface area contributed by atoms with Crippen LogP contribution < -0.4 is 15.1 Å². The number of ketones is 1. The van der Waals surface area contributed by atoms with Crippen LogP contribution in [0.5, 0.6) is 11.5 Å². The molecule has 0 radical (unpaired) electrons. The molecule has 3 aromatic rings. The van der Waals surface area contributed by atoms with E-state index in [-0.39, 0.29) is 34.7 Å². The summed E-state index contributed by atoms with van der Waals surface area (Å²) in [6.07, 6.45) is -0.287. The van der Waals surface area contributed by atoms with Gasteiger partial charge >= 0.3 is 5.63 Å². The summed E-state index contributed by atoms with van der Waals surface area (Å²) in [6.45, 7) is 0. The van der Waals surface area contributed by atoms with Crippen molar-refractivity contribution in [3.8, 4) is 11.5 Å². The molecule has 27 heavy (non-hydrogen) atoms. The third-order valence-corrected chi connectivity index (χ3v) is 3.88. The normalized spacial score (nSPS) is 10.6. The van der Waals surface area contributed by atoms with Crippen molar-refractivity contribution in [2.24, 2.45) is 0 Å². The Morgan fingerprint density at radius 1 is 1.15 bits per heavy atom. The van der Waals surface area contributed by atoms with E-state index in [9.17, 15) is 19.7 Å². The molecule has 0 aliphatic heterocycles. The Kier molecular flexibility index (Phi) is 4.84. The number of fused-ring (bicyclic) bond motifs is 1. The highest BCUT2D eigenvalue weighted by Crippen LogP contribution is 2.28. The average molecular weight is 370 g/mol. The first kappa shape index (κ1) is 18.1. The third-order valence-electron chi connectivity index (χ3n) is 3.88. The van der Waals surface area contributed by atoms with Crippen LogP contribution in [-0.4, -0.2) is 29.9 Å². The lowest BCUT2D eigenvalue weighted by Crippen LogP contribution is -2.15. The van der Waals surface area contributed by atoms with Crippen LogP contribution in [0.1, 0.15) is 16.1 Å². The zero-order chi connectivity index (χ0) is 19.6. The van der Waals surface area contributed by atoms with E-state index in [1.807, 2.05) is 0 Å². The van der Waals surface area contributed by atoms with Crippen molar-refractivity contribution in [1.82, 2.24) is 4.98 Å². The Morgan fingerprint density at radius 3 is 2.56 bits per heavy atom. The lowest BCUT2D eigenvalue weighted by atomic mass is 10.1. The van der Waals surface area contributed by atoms with Crippen molar-refractivity contribution in [3.63, 3.8) is 0 Å². The van der Waals surface area contributed by atoms with E-state index in [1.165, 1.54) is 32.4 Å². The molecular weight excluding hydrogens is 356 g/mol. The molecular formula is C18H14N2O7. The topological polar surface area (TPSA) is 122 Å². The Hall–Kier alpha value is -3.75. The molecule has 0 saturated heterocycles. The summed E-state index contributed by atoms with van der Waals surface area (Å²) in [7, 11) is 2.93. The van der Waals surface area contributed by atoms with Gasteiger partial charge < -0.3 is 13.9 Å². The number of Topliss-reactive ketones (excluding diaryl/α,β-unsaturated/α-hetero) is 1. The first-order valence-corrected chi connectivity index (χ1v) is 7.76. The van der Waals surface area contributed by atoms with Crippen LogP contribution in [0.15, 0.2) is 45.6 Å². The Morgan fingerprint density at radius 2 is 1.89 bits per heavy atom. The molecule has 0 saturated carbocycles. The van der Waals surface area contributed by atoms with E-state index < -0.39 is 10.5 Å². The molecule has 9 nitrogen and oxygen atoms in total. The van der Waals surface area contributed by atoms with Crippen molar-refractivity contribution in [1.29, 1.82) is 0 Å². The van der Waals surface area contributed by atoms with E-state index in [0.29, 0.717) is 17.1 Å². The summed E-state index contributed by atoms with van der Waals surface area (Å²) >= 11 is 0. The standard InChI is InChI=1S/C18H14N2O7/c1-25-15-6-3-10(7-17(15)26-2)14(21)9-13-18(22)27-16-8-11(20(23)24)4-5-12(16)19-13/h3-8H,9H2,1-2H3. The first-order valence-electron chi connectivity index (χ1n) is 7.76. The number of rotatable bonds is 6. The second-order valence-electron chi connectivity index (χ2n) is 5.53. The number of aromatic nitrogens is 1. The van der Waals surface area contributed by atoms with E-state index in [2.05, 4.69) is 4.98 Å². The van der Waals surface area contributed by atoms with Crippen LogP contribution in [0.4, 0.5) is 5.69 Å². The molecule has 1 aromatic heterocycles. The zero-order valence-electron chi connectivity index (χ0n) is 14.4.